The Kier molecular flexibility index (Phi) is 13.2. The molecular weight excluding hydrogens is 299 g/mol. The Morgan fingerprint density at radius 1 is 1.23 bits per heavy atom. The summed E-state index contributed by atoms with van der Waals surface area (Å²) >= 11 is 0. The molecule has 1 aliphatic heterocycles. The van der Waals surface area contributed by atoms with Gasteiger partial charge in [0.2, 0.25) is 0 Å². The van der Waals surface area contributed by atoms with Gasteiger partial charge in [-0.15, -0.1) is 0 Å². The summed E-state index contributed by atoms with van der Waals surface area (Å²) in [7, 11) is 0. The molecule has 0 radical (unpaired) electrons. The summed E-state index contributed by atoms with van der Waals surface area (Å²) in [6.07, 6.45) is 6.28. The SMILES string of the molecule is CCC(CC(C)CC1COC(C)(CC)O1)CC(C)(C)C.[CH3-].[K+]. The minimum atomic E-state index is -0.333. The van der Waals surface area contributed by atoms with Gasteiger partial charge in [0, 0.05) is 0 Å². The van der Waals surface area contributed by atoms with E-state index in [1.807, 2.05) is 0 Å². The molecule has 0 aromatic carbocycles. The molecule has 4 atom stereocenters. The Balaban J connectivity index is 0. The van der Waals surface area contributed by atoms with Gasteiger partial charge < -0.3 is 16.9 Å². The van der Waals surface area contributed by atoms with E-state index in [0.29, 0.717) is 11.5 Å². The molecule has 1 fully saturated rings. The monoisotopic (exact) mass is 338 g/mol. The maximum atomic E-state index is 6.06. The average Bonchev–Trinajstić information content (AvgIpc) is 2.69. The third kappa shape index (κ3) is 9.76. The van der Waals surface area contributed by atoms with Crippen LogP contribution in [0.2, 0.25) is 0 Å². The van der Waals surface area contributed by atoms with E-state index in [1.54, 1.807) is 0 Å². The van der Waals surface area contributed by atoms with Gasteiger partial charge in [0.25, 0.3) is 0 Å². The van der Waals surface area contributed by atoms with Crippen molar-refractivity contribution in [2.45, 2.75) is 92.5 Å². The van der Waals surface area contributed by atoms with Crippen LogP contribution in [0.4, 0.5) is 0 Å². The summed E-state index contributed by atoms with van der Waals surface area (Å²) in [6, 6.07) is 0. The summed E-state index contributed by atoms with van der Waals surface area (Å²) in [4.78, 5) is 0. The van der Waals surface area contributed by atoms with E-state index in [-0.39, 0.29) is 64.6 Å². The molecule has 1 aliphatic rings. The second-order valence-electron chi connectivity index (χ2n) is 8.15. The standard InChI is InChI=1S/C18H36O2.CH3.K/c1-8-15(12-17(4,5)6)10-14(3)11-16-13-19-18(7,9-2)20-16;;/h14-16H,8-13H2,1-7H3;1H3;/q;-1;+1. The van der Waals surface area contributed by atoms with E-state index in [9.17, 15) is 0 Å². The summed E-state index contributed by atoms with van der Waals surface area (Å²) in [5.74, 6) is 1.22. The predicted octanol–water partition coefficient (Wildman–Crippen LogP) is 2.86. The van der Waals surface area contributed by atoms with Crippen molar-refractivity contribution in [2.24, 2.45) is 17.3 Å². The molecule has 4 unspecified atom stereocenters. The second-order valence-corrected chi connectivity index (χ2v) is 8.15. The third-order valence-electron chi connectivity index (χ3n) is 4.51. The minimum absolute atomic E-state index is 0. The zero-order valence-corrected chi connectivity index (χ0v) is 19.9. The smallest absolute Gasteiger partial charge is 0.358 e. The Labute approximate surface area is 182 Å². The Bertz CT molecular complexity index is 288. The molecule has 3 heteroatoms. The van der Waals surface area contributed by atoms with Gasteiger partial charge in [-0.2, -0.15) is 0 Å². The van der Waals surface area contributed by atoms with Crippen LogP contribution in [0.25, 0.3) is 0 Å². The van der Waals surface area contributed by atoms with Crippen LogP contribution in [-0.4, -0.2) is 18.5 Å². The third-order valence-corrected chi connectivity index (χ3v) is 4.51. The first-order valence-electron chi connectivity index (χ1n) is 8.49. The summed E-state index contributed by atoms with van der Waals surface area (Å²) < 4.78 is 11.9. The average molecular weight is 339 g/mol. The van der Waals surface area contributed by atoms with Gasteiger partial charge in [0.1, 0.15) is 0 Å². The van der Waals surface area contributed by atoms with Gasteiger partial charge in [-0.3, -0.25) is 0 Å². The quantitative estimate of drug-likeness (QED) is 0.525. The summed E-state index contributed by atoms with van der Waals surface area (Å²) in [6.45, 7) is 16.7. The first kappa shape index (κ1) is 25.8. The molecule has 0 spiro atoms. The first-order valence-corrected chi connectivity index (χ1v) is 8.49. The number of ether oxygens (including phenoxy) is 2. The second kappa shape index (κ2) is 11.2. The van der Waals surface area contributed by atoms with Gasteiger partial charge >= 0.3 is 51.4 Å². The fraction of sp³-hybridized carbons (Fsp3) is 0.947. The molecule has 0 bridgehead atoms. The van der Waals surface area contributed by atoms with Crippen molar-refractivity contribution in [1.82, 2.24) is 0 Å². The van der Waals surface area contributed by atoms with Gasteiger partial charge in [0.05, 0.1) is 12.7 Å². The van der Waals surface area contributed by atoms with Crippen molar-refractivity contribution in [3.8, 4) is 0 Å². The Morgan fingerprint density at radius 2 is 1.82 bits per heavy atom. The van der Waals surface area contributed by atoms with Crippen molar-refractivity contribution in [1.29, 1.82) is 0 Å². The predicted molar refractivity (Wildman–Crippen MR) is 92.2 cm³/mol. The van der Waals surface area contributed by atoms with Crippen molar-refractivity contribution >= 4 is 0 Å². The number of hydrogen-bond acceptors (Lipinski definition) is 2. The van der Waals surface area contributed by atoms with Crippen molar-refractivity contribution < 1.29 is 60.9 Å². The zero-order valence-electron chi connectivity index (χ0n) is 16.8. The van der Waals surface area contributed by atoms with Crippen LogP contribution in [0, 0.1) is 24.7 Å². The van der Waals surface area contributed by atoms with Gasteiger partial charge in [-0.05, 0) is 49.9 Å². The molecular formula is C19H39KO2. The molecule has 0 amide bonds. The van der Waals surface area contributed by atoms with Crippen LogP contribution in [-0.2, 0) is 9.47 Å². The van der Waals surface area contributed by atoms with Crippen molar-refractivity contribution in [3.05, 3.63) is 7.43 Å². The van der Waals surface area contributed by atoms with E-state index >= 15 is 0 Å². The maximum Gasteiger partial charge on any atom is 1.00 e. The summed E-state index contributed by atoms with van der Waals surface area (Å²) in [5, 5.41) is 0. The molecule has 1 heterocycles. The molecule has 2 nitrogen and oxygen atoms in total. The van der Waals surface area contributed by atoms with E-state index in [1.165, 1.54) is 19.3 Å². The van der Waals surface area contributed by atoms with E-state index in [2.05, 4.69) is 48.5 Å². The number of hydrogen-bond donors (Lipinski definition) is 0. The molecule has 0 aromatic rings. The molecule has 0 aliphatic carbocycles. The Hall–Kier alpha value is 1.56. The van der Waals surface area contributed by atoms with E-state index in [4.69, 9.17) is 9.47 Å². The van der Waals surface area contributed by atoms with Crippen LogP contribution in [0.5, 0.6) is 0 Å². The number of rotatable bonds is 7. The van der Waals surface area contributed by atoms with Crippen molar-refractivity contribution in [3.63, 3.8) is 0 Å². The molecule has 0 N–H and O–H groups in total. The largest absolute Gasteiger partial charge is 1.00 e. The molecule has 0 saturated carbocycles. The molecule has 128 valence electrons. The molecule has 0 aromatic heterocycles. The first-order chi connectivity index (χ1) is 9.17. The Morgan fingerprint density at radius 3 is 2.23 bits per heavy atom. The van der Waals surface area contributed by atoms with Crippen LogP contribution < -0.4 is 51.4 Å². The fourth-order valence-corrected chi connectivity index (χ4v) is 3.37. The van der Waals surface area contributed by atoms with Crippen LogP contribution in [0.15, 0.2) is 0 Å². The van der Waals surface area contributed by atoms with Gasteiger partial charge in [0.15, 0.2) is 5.79 Å². The van der Waals surface area contributed by atoms with Crippen LogP contribution >= 0.6 is 0 Å². The topological polar surface area (TPSA) is 18.5 Å². The van der Waals surface area contributed by atoms with E-state index < -0.39 is 0 Å². The molecule has 22 heavy (non-hydrogen) atoms. The van der Waals surface area contributed by atoms with Crippen molar-refractivity contribution in [2.75, 3.05) is 6.61 Å². The normalized spacial score (nSPS) is 27.7. The summed E-state index contributed by atoms with van der Waals surface area (Å²) in [5.41, 5.74) is 0.439. The van der Waals surface area contributed by atoms with Crippen LogP contribution in [0.3, 0.4) is 0 Å². The minimum Gasteiger partial charge on any atom is -0.358 e. The van der Waals surface area contributed by atoms with Crippen LogP contribution in [0.1, 0.15) is 80.6 Å². The van der Waals surface area contributed by atoms with E-state index in [0.717, 1.165) is 31.3 Å². The maximum absolute atomic E-state index is 6.06. The fourth-order valence-electron chi connectivity index (χ4n) is 3.37. The molecule has 1 rings (SSSR count). The van der Waals surface area contributed by atoms with Gasteiger partial charge in [-0.25, -0.2) is 0 Å². The zero-order chi connectivity index (χ0) is 15.4. The molecule has 1 saturated heterocycles. The van der Waals surface area contributed by atoms with Gasteiger partial charge in [-0.1, -0.05) is 48.0 Å².